The summed E-state index contributed by atoms with van der Waals surface area (Å²) >= 11 is 0. The van der Waals surface area contributed by atoms with E-state index in [1.54, 1.807) is 0 Å². The van der Waals surface area contributed by atoms with Crippen LogP contribution in [0, 0.1) is 10.8 Å². The normalized spacial score (nSPS) is 12.6. The van der Waals surface area contributed by atoms with Crippen LogP contribution >= 0.6 is 0 Å². The first-order valence-electron chi connectivity index (χ1n) is 9.09. The molecular weight excluding hydrogens is 292 g/mol. The van der Waals surface area contributed by atoms with E-state index < -0.39 is 0 Å². The molecule has 0 aliphatic rings. The molecule has 24 heavy (non-hydrogen) atoms. The van der Waals surface area contributed by atoms with Crippen LogP contribution in [0.1, 0.15) is 75.9 Å². The van der Waals surface area contributed by atoms with Crippen LogP contribution in [0.25, 0.3) is 10.8 Å². The Balaban J connectivity index is 2.52. The third kappa shape index (κ3) is 4.93. The second kappa shape index (κ2) is 7.09. The fraction of sp³-hybridized carbons (Fsp3) is 0.522. The van der Waals surface area contributed by atoms with Gasteiger partial charge in [-0.2, -0.15) is 0 Å². The number of carbonyl (C=O) groups excluding carboxylic acids is 1. The van der Waals surface area contributed by atoms with E-state index in [1.165, 1.54) is 21.9 Å². The first-order valence-corrected chi connectivity index (χ1v) is 9.09. The number of carbonyl (C=O) groups is 1. The van der Waals surface area contributed by atoms with Crippen molar-refractivity contribution in [2.45, 2.75) is 67.2 Å². The van der Waals surface area contributed by atoms with E-state index in [2.05, 4.69) is 71.9 Å². The molecule has 0 fully saturated rings. The molecule has 0 amide bonds. The molecular formula is C23H32O. The third-order valence-electron chi connectivity index (χ3n) is 4.67. The number of rotatable bonds is 5. The Hall–Kier alpha value is -1.63. The summed E-state index contributed by atoms with van der Waals surface area (Å²) in [5.41, 5.74) is 3.92. The lowest BCUT2D eigenvalue weighted by atomic mass is 9.82. The molecule has 0 heterocycles. The molecule has 2 rings (SSSR count). The van der Waals surface area contributed by atoms with Gasteiger partial charge in [-0.25, -0.2) is 0 Å². The zero-order valence-electron chi connectivity index (χ0n) is 16.2. The monoisotopic (exact) mass is 324 g/mol. The second-order valence-corrected chi connectivity index (χ2v) is 9.39. The Morgan fingerprint density at radius 2 is 1.46 bits per heavy atom. The predicted octanol–water partition coefficient (Wildman–Crippen LogP) is 6.61. The lowest BCUT2D eigenvalue weighted by Gasteiger charge is -2.22. The highest BCUT2D eigenvalue weighted by molar-refractivity contribution is 5.94. The Labute approximate surface area is 147 Å². The van der Waals surface area contributed by atoms with Gasteiger partial charge in [0.2, 0.25) is 0 Å². The molecule has 0 N–H and O–H groups in total. The summed E-state index contributed by atoms with van der Waals surface area (Å²) in [6.07, 6.45) is 5.18. The molecule has 0 aromatic heterocycles. The Morgan fingerprint density at radius 3 is 2.04 bits per heavy atom. The molecule has 2 aromatic rings. The van der Waals surface area contributed by atoms with Crippen molar-refractivity contribution in [3.63, 3.8) is 0 Å². The maximum absolute atomic E-state index is 11.9. The third-order valence-corrected chi connectivity index (χ3v) is 4.67. The first kappa shape index (κ1) is 18.7. The molecule has 0 bridgehead atoms. The van der Waals surface area contributed by atoms with Crippen molar-refractivity contribution in [1.82, 2.24) is 0 Å². The minimum atomic E-state index is 0.267. The molecule has 2 aromatic carbocycles. The largest absolute Gasteiger partial charge is 0.298 e. The van der Waals surface area contributed by atoms with Gasteiger partial charge in [0.05, 0.1) is 0 Å². The van der Waals surface area contributed by atoms with Crippen molar-refractivity contribution >= 4 is 17.1 Å². The van der Waals surface area contributed by atoms with Crippen molar-refractivity contribution in [3.05, 3.63) is 47.0 Å². The van der Waals surface area contributed by atoms with E-state index in [0.717, 1.165) is 37.5 Å². The molecule has 130 valence electrons. The van der Waals surface area contributed by atoms with E-state index in [4.69, 9.17) is 0 Å². The summed E-state index contributed by atoms with van der Waals surface area (Å²) in [7, 11) is 0. The molecule has 0 unspecified atom stereocenters. The highest BCUT2D eigenvalue weighted by Crippen LogP contribution is 2.32. The average Bonchev–Trinajstić information content (AvgIpc) is 2.48. The van der Waals surface area contributed by atoms with Gasteiger partial charge in [-0.15, -0.1) is 0 Å². The van der Waals surface area contributed by atoms with Gasteiger partial charge in [-0.1, -0.05) is 71.9 Å². The SMILES string of the molecule is CC(C)(C)CCc1cc2ccccc2c(CCC(C)(C)C)c1C=O. The average molecular weight is 325 g/mol. The highest BCUT2D eigenvalue weighted by atomic mass is 16.1. The number of hydrogen-bond donors (Lipinski definition) is 0. The Bertz CT molecular complexity index is 711. The number of hydrogen-bond acceptors (Lipinski definition) is 1. The van der Waals surface area contributed by atoms with Gasteiger partial charge in [-0.3, -0.25) is 4.79 Å². The minimum absolute atomic E-state index is 0.267. The summed E-state index contributed by atoms with van der Waals surface area (Å²) in [6.45, 7) is 13.6. The van der Waals surface area contributed by atoms with Crippen LogP contribution in [0.2, 0.25) is 0 Å². The lowest BCUT2D eigenvalue weighted by molar-refractivity contribution is 0.112. The van der Waals surface area contributed by atoms with Crippen molar-refractivity contribution in [3.8, 4) is 0 Å². The van der Waals surface area contributed by atoms with Crippen molar-refractivity contribution in [1.29, 1.82) is 0 Å². The quantitative estimate of drug-likeness (QED) is 0.565. The van der Waals surface area contributed by atoms with Crippen LogP contribution in [0.5, 0.6) is 0 Å². The van der Waals surface area contributed by atoms with E-state index in [9.17, 15) is 4.79 Å². The standard InChI is InChI=1S/C23H32O/c1-22(2,3)13-11-18-15-17-9-7-8-10-19(17)20(21(18)16-24)12-14-23(4,5)6/h7-10,15-16H,11-14H2,1-6H3. The Morgan fingerprint density at radius 1 is 0.875 bits per heavy atom. The summed E-state index contributed by atoms with van der Waals surface area (Å²) in [5, 5.41) is 2.50. The molecule has 0 radical (unpaired) electrons. The van der Waals surface area contributed by atoms with Crippen LogP contribution in [-0.4, -0.2) is 6.29 Å². The van der Waals surface area contributed by atoms with Gasteiger partial charge in [0, 0.05) is 5.56 Å². The topological polar surface area (TPSA) is 17.1 Å². The Kier molecular flexibility index (Phi) is 5.52. The smallest absolute Gasteiger partial charge is 0.150 e. The zero-order valence-corrected chi connectivity index (χ0v) is 16.2. The van der Waals surface area contributed by atoms with E-state index in [1.807, 2.05) is 0 Å². The summed E-state index contributed by atoms with van der Waals surface area (Å²) in [4.78, 5) is 11.9. The predicted molar refractivity (Wildman–Crippen MR) is 105 cm³/mol. The fourth-order valence-corrected chi connectivity index (χ4v) is 3.13. The van der Waals surface area contributed by atoms with E-state index in [0.29, 0.717) is 0 Å². The van der Waals surface area contributed by atoms with Crippen LogP contribution in [0.15, 0.2) is 30.3 Å². The van der Waals surface area contributed by atoms with Crippen molar-refractivity contribution < 1.29 is 4.79 Å². The van der Waals surface area contributed by atoms with Crippen LogP contribution in [0.3, 0.4) is 0 Å². The van der Waals surface area contributed by atoms with Crippen LogP contribution in [-0.2, 0) is 12.8 Å². The summed E-state index contributed by atoms with van der Waals surface area (Å²) in [6, 6.07) is 10.7. The molecule has 1 heteroatoms. The van der Waals surface area contributed by atoms with Gasteiger partial charge in [0.25, 0.3) is 0 Å². The van der Waals surface area contributed by atoms with Gasteiger partial charge in [0.15, 0.2) is 6.29 Å². The van der Waals surface area contributed by atoms with Gasteiger partial charge in [-0.05, 0) is 58.4 Å². The minimum Gasteiger partial charge on any atom is -0.298 e. The molecule has 0 saturated heterocycles. The number of benzene rings is 2. The number of fused-ring (bicyclic) bond motifs is 1. The number of aldehydes is 1. The maximum Gasteiger partial charge on any atom is 0.150 e. The zero-order chi connectivity index (χ0) is 18.0. The van der Waals surface area contributed by atoms with E-state index in [-0.39, 0.29) is 10.8 Å². The molecule has 0 saturated carbocycles. The maximum atomic E-state index is 11.9. The van der Waals surface area contributed by atoms with Crippen LogP contribution < -0.4 is 0 Å². The summed E-state index contributed by atoms with van der Waals surface area (Å²) in [5.74, 6) is 0. The van der Waals surface area contributed by atoms with Gasteiger partial charge >= 0.3 is 0 Å². The van der Waals surface area contributed by atoms with E-state index >= 15 is 0 Å². The molecule has 0 atom stereocenters. The van der Waals surface area contributed by atoms with Gasteiger partial charge in [0.1, 0.15) is 0 Å². The molecule has 1 nitrogen and oxygen atoms in total. The van der Waals surface area contributed by atoms with Crippen molar-refractivity contribution in [2.24, 2.45) is 10.8 Å². The highest BCUT2D eigenvalue weighted by Gasteiger charge is 2.18. The first-order chi connectivity index (χ1) is 11.1. The van der Waals surface area contributed by atoms with Crippen molar-refractivity contribution in [2.75, 3.05) is 0 Å². The molecule has 0 aliphatic carbocycles. The second-order valence-electron chi connectivity index (χ2n) is 9.39. The molecule has 0 spiro atoms. The van der Waals surface area contributed by atoms with Crippen LogP contribution in [0.4, 0.5) is 0 Å². The number of aryl methyl sites for hydroxylation is 2. The lowest BCUT2D eigenvalue weighted by Crippen LogP contribution is -2.11. The fourth-order valence-electron chi connectivity index (χ4n) is 3.13. The molecule has 0 aliphatic heterocycles. The summed E-state index contributed by atoms with van der Waals surface area (Å²) < 4.78 is 0. The van der Waals surface area contributed by atoms with Gasteiger partial charge < -0.3 is 0 Å².